The smallest absolute Gasteiger partial charge is 0.341 e. The summed E-state index contributed by atoms with van der Waals surface area (Å²) in [5.74, 6) is -0.844. The number of aromatic nitrogens is 1. The van der Waals surface area contributed by atoms with Crippen LogP contribution in [-0.2, 0) is 0 Å². The Balaban J connectivity index is 2.60. The normalized spacial score (nSPS) is 10.5. The van der Waals surface area contributed by atoms with Crippen molar-refractivity contribution in [3.63, 3.8) is 0 Å². The first-order valence-electron chi connectivity index (χ1n) is 4.65. The highest BCUT2D eigenvalue weighted by Gasteiger charge is 2.21. The molecule has 0 saturated carbocycles. The van der Waals surface area contributed by atoms with Crippen LogP contribution in [0.15, 0.2) is 22.7 Å². The van der Waals surface area contributed by atoms with Crippen molar-refractivity contribution in [2.75, 3.05) is 0 Å². The van der Waals surface area contributed by atoms with E-state index in [-0.39, 0.29) is 17.0 Å². The molecule has 1 aromatic heterocycles. The zero-order valence-electron chi connectivity index (χ0n) is 8.70. The Hall–Kier alpha value is -1.52. The van der Waals surface area contributed by atoms with E-state index >= 15 is 0 Å². The number of benzene rings is 1. The van der Waals surface area contributed by atoms with Gasteiger partial charge in [0.25, 0.3) is 0 Å². The molecular weight excluding hydrogens is 265 g/mol. The van der Waals surface area contributed by atoms with E-state index in [2.05, 4.69) is 5.16 Å². The molecule has 0 spiro atoms. The molecule has 1 aromatic carbocycles. The van der Waals surface area contributed by atoms with E-state index in [1.165, 1.54) is 6.92 Å². The summed E-state index contributed by atoms with van der Waals surface area (Å²) in [4.78, 5) is 11.1. The summed E-state index contributed by atoms with van der Waals surface area (Å²) in [5, 5.41) is 13.5. The van der Waals surface area contributed by atoms with Gasteiger partial charge < -0.3 is 9.63 Å². The van der Waals surface area contributed by atoms with Crippen LogP contribution >= 0.6 is 23.2 Å². The maximum absolute atomic E-state index is 11.1. The molecule has 1 N–H and O–H groups in total. The molecule has 2 rings (SSSR count). The highest BCUT2D eigenvalue weighted by Crippen LogP contribution is 2.30. The number of aromatic carboxylic acids is 1. The number of carbonyl (C=O) groups is 1. The molecule has 0 amide bonds. The number of nitrogens with zero attached hydrogens (tertiary/aromatic N) is 1. The van der Waals surface area contributed by atoms with Crippen molar-refractivity contribution in [1.82, 2.24) is 5.16 Å². The molecule has 0 aliphatic carbocycles. The Morgan fingerprint density at radius 2 is 2.06 bits per heavy atom. The molecule has 0 radical (unpaired) electrons. The van der Waals surface area contributed by atoms with Gasteiger partial charge in [-0.25, -0.2) is 4.79 Å². The number of hydrogen-bond acceptors (Lipinski definition) is 3. The largest absolute Gasteiger partial charge is 0.477 e. The Morgan fingerprint density at radius 3 is 2.65 bits per heavy atom. The van der Waals surface area contributed by atoms with Crippen LogP contribution in [0.1, 0.15) is 16.1 Å². The Kier molecular flexibility index (Phi) is 3.09. The third-order valence-electron chi connectivity index (χ3n) is 2.27. The fourth-order valence-corrected chi connectivity index (χ4v) is 1.76. The molecule has 0 fully saturated rings. The Morgan fingerprint density at radius 1 is 1.35 bits per heavy atom. The number of rotatable bonds is 2. The lowest BCUT2D eigenvalue weighted by Crippen LogP contribution is -1.99. The van der Waals surface area contributed by atoms with E-state index in [4.69, 9.17) is 32.8 Å². The maximum Gasteiger partial charge on any atom is 0.341 e. The Bertz CT molecular complexity index is 592. The van der Waals surface area contributed by atoms with Gasteiger partial charge in [0.05, 0.1) is 10.0 Å². The quantitative estimate of drug-likeness (QED) is 0.906. The van der Waals surface area contributed by atoms with E-state index in [0.29, 0.717) is 15.6 Å². The predicted octanol–water partition coefficient (Wildman–Crippen LogP) is 3.66. The lowest BCUT2D eigenvalue weighted by molar-refractivity contribution is 0.0696. The van der Waals surface area contributed by atoms with E-state index in [1.807, 2.05) is 0 Å². The van der Waals surface area contributed by atoms with Gasteiger partial charge in [-0.2, -0.15) is 0 Å². The van der Waals surface area contributed by atoms with Crippen molar-refractivity contribution in [1.29, 1.82) is 0 Å². The second-order valence-corrected chi connectivity index (χ2v) is 4.21. The first kappa shape index (κ1) is 12.0. The van der Waals surface area contributed by atoms with Crippen molar-refractivity contribution in [3.8, 4) is 11.3 Å². The molecule has 6 heteroatoms. The number of hydrogen-bond donors (Lipinski definition) is 1. The molecule has 17 heavy (non-hydrogen) atoms. The van der Waals surface area contributed by atoms with Crippen molar-refractivity contribution < 1.29 is 14.4 Å². The summed E-state index contributed by atoms with van der Waals surface area (Å²) in [6.07, 6.45) is 0. The van der Waals surface area contributed by atoms with E-state index in [0.717, 1.165) is 0 Å². The van der Waals surface area contributed by atoms with Crippen molar-refractivity contribution in [3.05, 3.63) is 39.6 Å². The summed E-state index contributed by atoms with van der Waals surface area (Å²) < 4.78 is 4.87. The van der Waals surface area contributed by atoms with Gasteiger partial charge in [-0.05, 0) is 19.1 Å². The van der Waals surface area contributed by atoms with Gasteiger partial charge in [0.1, 0.15) is 17.0 Å². The lowest BCUT2D eigenvalue weighted by Gasteiger charge is -2.00. The van der Waals surface area contributed by atoms with Gasteiger partial charge in [0, 0.05) is 5.56 Å². The molecular formula is C11H7Cl2NO3. The molecule has 0 unspecified atom stereocenters. The summed E-state index contributed by atoms with van der Waals surface area (Å²) in [6.45, 7) is 1.54. The zero-order valence-corrected chi connectivity index (χ0v) is 10.2. The van der Waals surface area contributed by atoms with Crippen LogP contribution in [0.5, 0.6) is 0 Å². The fourth-order valence-electron chi connectivity index (χ4n) is 1.46. The average molecular weight is 272 g/mol. The summed E-state index contributed by atoms with van der Waals surface area (Å²) in [5.41, 5.74) is 0.825. The molecule has 0 saturated heterocycles. The minimum absolute atomic E-state index is 0.0309. The molecule has 2 aromatic rings. The van der Waals surface area contributed by atoms with E-state index < -0.39 is 5.97 Å². The minimum Gasteiger partial charge on any atom is -0.477 e. The van der Waals surface area contributed by atoms with Gasteiger partial charge in [0.2, 0.25) is 0 Å². The SMILES string of the molecule is Cc1onc(-c2ccc(Cl)c(Cl)c2)c1C(=O)O. The van der Waals surface area contributed by atoms with Gasteiger partial charge in [-0.3, -0.25) is 0 Å². The van der Waals surface area contributed by atoms with Crippen molar-refractivity contribution in [2.24, 2.45) is 0 Å². The molecule has 0 aliphatic heterocycles. The average Bonchev–Trinajstić information content (AvgIpc) is 2.64. The van der Waals surface area contributed by atoms with Crippen molar-refractivity contribution >= 4 is 29.2 Å². The first-order valence-corrected chi connectivity index (χ1v) is 5.41. The summed E-state index contributed by atoms with van der Waals surface area (Å²) in [7, 11) is 0. The fraction of sp³-hybridized carbons (Fsp3) is 0.0909. The van der Waals surface area contributed by atoms with Gasteiger partial charge in [-0.1, -0.05) is 34.4 Å². The van der Waals surface area contributed by atoms with Crippen LogP contribution < -0.4 is 0 Å². The third kappa shape index (κ3) is 2.14. The van der Waals surface area contributed by atoms with Crippen LogP contribution in [0.3, 0.4) is 0 Å². The van der Waals surface area contributed by atoms with E-state index in [1.54, 1.807) is 18.2 Å². The monoisotopic (exact) mass is 271 g/mol. The Labute approximate surface area is 107 Å². The topological polar surface area (TPSA) is 63.3 Å². The van der Waals surface area contributed by atoms with Crippen LogP contribution in [0.25, 0.3) is 11.3 Å². The molecule has 0 atom stereocenters. The van der Waals surface area contributed by atoms with Gasteiger partial charge in [0.15, 0.2) is 0 Å². The second-order valence-electron chi connectivity index (χ2n) is 3.40. The third-order valence-corrected chi connectivity index (χ3v) is 3.01. The number of carboxylic acids is 1. The minimum atomic E-state index is -1.09. The molecule has 88 valence electrons. The summed E-state index contributed by atoms with van der Waals surface area (Å²) in [6, 6.07) is 4.76. The maximum atomic E-state index is 11.1. The van der Waals surface area contributed by atoms with Crippen molar-refractivity contribution in [2.45, 2.75) is 6.92 Å². The molecule has 0 aliphatic rings. The highest BCUT2D eigenvalue weighted by molar-refractivity contribution is 6.42. The predicted molar refractivity (Wildman–Crippen MR) is 63.7 cm³/mol. The molecule has 1 heterocycles. The number of aryl methyl sites for hydroxylation is 1. The zero-order chi connectivity index (χ0) is 12.6. The van der Waals surface area contributed by atoms with E-state index in [9.17, 15) is 4.79 Å². The van der Waals surface area contributed by atoms with Crippen LogP contribution in [0, 0.1) is 6.92 Å². The van der Waals surface area contributed by atoms with Crippen LogP contribution in [0.2, 0.25) is 10.0 Å². The summed E-state index contributed by atoms with van der Waals surface area (Å²) >= 11 is 11.6. The van der Waals surface area contributed by atoms with Gasteiger partial charge in [-0.15, -0.1) is 0 Å². The molecule has 4 nitrogen and oxygen atoms in total. The highest BCUT2D eigenvalue weighted by atomic mass is 35.5. The van der Waals surface area contributed by atoms with Crippen LogP contribution in [0.4, 0.5) is 0 Å². The lowest BCUT2D eigenvalue weighted by atomic mass is 10.1. The second kappa shape index (κ2) is 4.39. The number of carboxylic acid groups (broad SMARTS) is 1. The first-order chi connectivity index (χ1) is 8.00. The van der Waals surface area contributed by atoms with Crippen LogP contribution in [-0.4, -0.2) is 16.2 Å². The number of halogens is 2. The standard InChI is InChI=1S/C11H7Cl2NO3/c1-5-9(11(15)16)10(14-17-5)6-2-3-7(12)8(13)4-6/h2-4H,1H3,(H,15,16). The van der Waals surface area contributed by atoms with Gasteiger partial charge >= 0.3 is 5.97 Å². The molecule has 0 bridgehead atoms.